The Morgan fingerprint density at radius 2 is 2.10 bits per heavy atom. The molecule has 3 N–H and O–H groups in total. The Labute approximate surface area is 126 Å². The highest BCUT2D eigenvalue weighted by Crippen LogP contribution is 2.30. The lowest BCUT2D eigenvalue weighted by molar-refractivity contribution is 0.0527. The van der Waals surface area contributed by atoms with Gasteiger partial charge in [-0.05, 0) is 37.3 Å². The van der Waals surface area contributed by atoms with E-state index in [0.717, 1.165) is 0 Å². The van der Waals surface area contributed by atoms with E-state index in [-0.39, 0.29) is 22.9 Å². The van der Waals surface area contributed by atoms with Gasteiger partial charge in [-0.1, -0.05) is 17.7 Å². The van der Waals surface area contributed by atoms with Crippen LogP contribution in [0.4, 0.5) is 21.5 Å². The van der Waals surface area contributed by atoms with Crippen molar-refractivity contribution in [2.24, 2.45) is 0 Å². The van der Waals surface area contributed by atoms with Gasteiger partial charge in [0.05, 0.1) is 34.3 Å². The Balaban J connectivity index is 2.32. The van der Waals surface area contributed by atoms with Crippen molar-refractivity contribution in [3.8, 4) is 0 Å². The molecule has 0 saturated heterocycles. The molecule has 2 aromatic carbocycles. The van der Waals surface area contributed by atoms with Gasteiger partial charge in [-0.2, -0.15) is 0 Å². The standard InChI is InChI=1S/C15H14ClFN2O2/c1-2-21-15(20)10-4-3-5-13(14(10)18)19-12-7-6-9(17)8-11(12)16/h3-8,19H,2,18H2,1H3. The summed E-state index contributed by atoms with van der Waals surface area (Å²) in [6.45, 7) is 1.98. The molecule has 0 unspecified atom stereocenters. The second-order valence-electron chi connectivity index (χ2n) is 4.24. The molecular weight excluding hydrogens is 295 g/mol. The van der Waals surface area contributed by atoms with Gasteiger partial charge in [0, 0.05) is 0 Å². The fourth-order valence-electron chi connectivity index (χ4n) is 1.80. The lowest BCUT2D eigenvalue weighted by Gasteiger charge is -2.13. The SMILES string of the molecule is CCOC(=O)c1cccc(Nc2ccc(F)cc2Cl)c1N. The molecule has 4 nitrogen and oxygen atoms in total. The third kappa shape index (κ3) is 3.44. The zero-order valence-corrected chi connectivity index (χ0v) is 12.1. The molecular formula is C15H14ClFN2O2. The lowest BCUT2D eigenvalue weighted by Crippen LogP contribution is -2.09. The number of nitrogens with one attached hydrogen (secondary N) is 1. The third-order valence-electron chi connectivity index (χ3n) is 2.80. The minimum Gasteiger partial charge on any atom is -0.462 e. The molecule has 0 aliphatic rings. The maximum absolute atomic E-state index is 13.0. The van der Waals surface area contributed by atoms with Crippen molar-refractivity contribution in [2.45, 2.75) is 6.92 Å². The average Bonchev–Trinajstić information content (AvgIpc) is 2.44. The van der Waals surface area contributed by atoms with Crippen LogP contribution in [-0.2, 0) is 4.74 Å². The van der Waals surface area contributed by atoms with Crippen LogP contribution in [0.5, 0.6) is 0 Å². The number of nitrogen functional groups attached to an aromatic ring is 1. The summed E-state index contributed by atoms with van der Waals surface area (Å²) in [6.07, 6.45) is 0. The van der Waals surface area contributed by atoms with Crippen molar-refractivity contribution in [1.29, 1.82) is 0 Å². The molecule has 0 aromatic heterocycles. The monoisotopic (exact) mass is 308 g/mol. The number of ether oxygens (including phenoxy) is 1. The molecule has 2 aromatic rings. The summed E-state index contributed by atoms with van der Waals surface area (Å²) in [7, 11) is 0. The van der Waals surface area contributed by atoms with E-state index in [4.69, 9.17) is 22.1 Å². The smallest absolute Gasteiger partial charge is 0.340 e. The molecule has 0 heterocycles. The molecule has 0 atom stereocenters. The number of hydrogen-bond acceptors (Lipinski definition) is 4. The Morgan fingerprint density at radius 1 is 1.33 bits per heavy atom. The van der Waals surface area contributed by atoms with Gasteiger partial charge < -0.3 is 15.8 Å². The van der Waals surface area contributed by atoms with Crippen LogP contribution in [0, 0.1) is 5.82 Å². The summed E-state index contributed by atoms with van der Waals surface area (Å²) in [6, 6.07) is 8.90. The highest BCUT2D eigenvalue weighted by Gasteiger charge is 2.14. The van der Waals surface area contributed by atoms with E-state index in [1.54, 1.807) is 25.1 Å². The fraction of sp³-hybridized carbons (Fsp3) is 0.133. The first-order chi connectivity index (χ1) is 10.0. The number of anilines is 3. The van der Waals surface area contributed by atoms with Gasteiger partial charge in [0.2, 0.25) is 0 Å². The second kappa shape index (κ2) is 6.45. The van der Waals surface area contributed by atoms with Gasteiger partial charge in [-0.25, -0.2) is 9.18 Å². The Bertz CT molecular complexity index is 677. The number of para-hydroxylation sites is 1. The molecule has 0 amide bonds. The number of esters is 1. The Morgan fingerprint density at radius 3 is 2.76 bits per heavy atom. The summed E-state index contributed by atoms with van der Waals surface area (Å²) in [5.74, 6) is -0.928. The molecule has 0 radical (unpaired) electrons. The van der Waals surface area contributed by atoms with Crippen LogP contribution < -0.4 is 11.1 Å². The molecule has 0 saturated carbocycles. The maximum atomic E-state index is 13.0. The number of carbonyl (C=O) groups is 1. The first-order valence-electron chi connectivity index (χ1n) is 6.30. The van der Waals surface area contributed by atoms with Gasteiger partial charge in [0.15, 0.2) is 0 Å². The van der Waals surface area contributed by atoms with E-state index in [1.165, 1.54) is 18.2 Å². The summed E-state index contributed by atoms with van der Waals surface area (Å²) >= 11 is 5.95. The molecule has 6 heteroatoms. The Kier molecular flexibility index (Phi) is 4.65. The molecule has 2 rings (SSSR count). The number of nitrogens with two attached hydrogens (primary N) is 1. The van der Waals surface area contributed by atoms with Gasteiger partial charge in [-0.3, -0.25) is 0 Å². The van der Waals surface area contributed by atoms with Crippen molar-refractivity contribution in [3.63, 3.8) is 0 Å². The number of carbonyl (C=O) groups excluding carboxylic acids is 1. The Hall–Kier alpha value is -2.27. The van der Waals surface area contributed by atoms with Crippen LogP contribution in [0.3, 0.4) is 0 Å². The minimum absolute atomic E-state index is 0.218. The summed E-state index contributed by atoms with van der Waals surface area (Å²) < 4.78 is 18.0. The highest BCUT2D eigenvalue weighted by molar-refractivity contribution is 6.33. The molecule has 110 valence electrons. The van der Waals surface area contributed by atoms with E-state index in [9.17, 15) is 9.18 Å². The molecule has 0 aliphatic carbocycles. The topological polar surface area (TPSA) is 64.3 Å². The van der Waals surface area contributed by atoms with Crippen molar-refractivity contribution >= 4 is 34.6 Å². The predicted octanol–water partition coefficient (Wildman–Crippen LogP) is 3.98. The van der Waals surface area contributed by atoms with Gasteiger partial charge in [-0.15, -0.1) is 0 Å². The number of rotatable bonds is 4. The second-order valence-corrected chi connectivity index (χ2v) is 4.64. The van der Waals surface area contributed by atoms with Crippen LogP contribution in [0.1, 0.15) is 17.3 Å². The summed E-state index contributed by atoms with van der Waals surface area (Å²) in [5.41, 5.74) is 7.46. The largest absolute Gasteiger partial charge is 0.462 e. The lowest BCUT2D eigenvalue weighted by atomic mass is 10.1. The first-order valence-corrected chi connectivity index (χ1v) is 6.68. The molecule has 0 bridgehead atoms. The van der Waals surface area contributed by atoms with E-state index in [1.807, 2.05) is 0 Å². The van der Waals surface area contributed by atoms with E-state index in [0.29, 0.717) is 11.4 Å². The minimum atomic E-state index is -0.496. The van der Waals surface area contributed by atoms with Crippen LogP contribution >= 0.6 is 11.6 Å². The van der Waals surface area contributed by atoms with Crippen LogP contribution in [0.15, 0.2) is 36.4 Å². The van der Waals surface area contributed by atoms with Crippen LogP contribution in [-0.4, -0.2) is 12.6 Å². The number of halogens is 2. The number of hydrogen-bond donors (Lipinski definition) is 2. The van der Waals surface area contributed by atoms with E-state index < -0.39 is 11.8 Å². The third-order valence-corrected chi connectivity index (χ3v) is 3.11. The normalized spacial score (nSPS) is 10.2. The van der Waals surface area contributed by atoms with Crippen molar-refractivity contribution < 1.29 is 13.9 Å². The van der Waals surface area contributed by atoms with Crippen molar-refractivity contribution in [3.05, 3.63) is 52.8 Å². The molecule has 0 fully saturated rings. The summed E-state index contributed by atoms with van der Waals surface area (Å²) in [5, 5.41) is 3.19. The van der Waals surface area contributed by atoms with Crippen molar-refractivity contribution in [1.82, 2.24) is 0 Å². The quantitative estimate of drug-likeness (QED) is 0.662. The van der Waals surface area contributed by atoms with E-state index >= 15 is 0 Å². The van der Waals surface area contributed by atoms with Gasteiger partial charge >= 0.3 is 5.97 Å². The first kappa shape index (κ1) is 15.1. The zero-order chi connectivity index (χ0) is 15.4. The average molecular weight is 309 g/mol. The summed E-state index contributed by atoms with van der Waals surface area (Å²) in [4.78, 5) is 11.8. The fourth-order valence-corrected chi connectivity index (χ4v) is 2.01. The number of benzene rings is 2. The van der Waals surface area contributed by atoms with Crippen molar-refractivity contribution in [2.75, 3.05) is 17.7 Å². The van der Waals surface area contributed by atoms with Crippen LogP contribution in [0.25, 0.3) is 0 Å². The predicted molar refractivity (Wildman–Crippen MR) is 81.5 cm³/mol. The van der Waals surface area contributed by atoms with Gasteiger partial charge in [0.25, 0.3) is 0 Å². The molecule has 21 heavy (non-hydrogen) atoms. The zero-order valence-electron chi connectivity index (χ0n) is 11.3. The van der Waals surface area contributed by atoms with Crippen LogP contribution in [0.2, 0.25) is 5.02 Å². The highest BCUT2D eigenvalue weighted by atomic mass is 35.5. The van der Waals surface area contributed by atoms with E-state index in [2.05, 4.69) is 5.32 Å². The molecule has 0 aliphatic heterocycles. The van der Waals surface area contributed by atoms with Gasteiger partial charge in [0.1, 0.15) is 5.82 Å². The maximum Gasteiger partial charge on any atom is 0.340 e. The molecule has 0 spiro atoms.